The number of carbonyl (C=O) groups is 1. The van der Waals surface area contributed by atoms with Gasteiger partial charge in [-0.1, -0.05) is 31.5 Å². The summed E-state index contributed by atoms with van der Waals surface area (Å²) >= 11 is 5.25. The summed E-state index contributed by atoms with van der Waals surface area (Å²) in [6.07, 6.45) is 6.82. The molecule has 0 aliphatic heterocycles. The van der Waals surface area contributed by atoms with Crippen molar-refractivity contribution in [3.63, 3.8) is 0 Å². The molecule has 4 nitrogen and oxygen atoms in total. The van der Waals surface area contributed by atoms with E-state index in [1.54, 1.807) is 0 Å². The number of hydrazine groups is 1. The first-order chi connectivity index (χ1) is 12.7. The lowest BCUT2D eigenvalue weighted by molar-refractivity contribution is 0.0944. The first-order valence-electron chi connectivity index (χ1n) is 9.24. The van der Waals surface area contributed by atoms with Gasteiger partial charge in [-0.25, -0.2) is 0 Å². The Labute approximate surface area is 160 Å². The molecule has 1 amide bonds. The van der Waals surface area contributed by atoms with Crippen LogP contribution in [0, 0.1) is 0 Å². The van der Waals surface area contributed by atoms with Crippen molar-refractivity contribution in [2.75, 3.05) is 5.32 Å². The summed E-state index contributed by atoms with van der Waals surface area (Å²) in [4.78, 5) is 12.3. The molecule has 0 saturated carbocycles. The van der Waals surface area contributed by atoms with Crippen LogP contribution in [0.3, 0.4) is 0 Å². The van der Waals surface area contributed by atoms with Crippen molar-refractivity contribution < 1.29 is 4.79 Å². The first-order valence-corrected chi connectivity index (χ1v) is 9.64. The van der Waals surface area contributed by atoms with Crippen molar-refractivity contribution in [2.45, 2.75) is 45.4 Å². The normalized spacial score (nSPS) is 12.3. The number of aryl methyl sites for hydroxylation is 3. The fraction of sp³-hybridized carbons (Fsp3) is 0.333. The number of hydrogen-bond donors (Lipinski definition) is 3. The molecule has 136 valence electrons. The molecule has 26 heavy (non-hydrogen) atoms. The second kappa shape index (κ2) is 8.81. The summed E-state index contributed by atoms with van der Waals surface area (Å²) in [5, 5.41) is 3.44. The van der Waals surface area contributed by atoms with Gasteiger partial charge in [0.05, 0.1) is 0 Å². The zero-order valence-electron chi connectivity index (χ0n) is 15.1. The van der Waals surface area contributed by atoms with Crippen LogP contribution in [-0.2, 0) is 19.3 Å². The molecule has 0 bridgehead atoms. The zero-order valence-corrected chi connectivity index (χ0v) is 15.9. The van der Waals surface area contributed by atoms with Gasteiger partial charge in [-0.2, -0.15) is 0 Å². The number of nitrogens with one attached hydrogen (secondary N) is 3. The molecule has 0 radical (unpaired) electrons. The van der Waals surface area contributed by atoms with Crippen LogP contribution in [-0.4, -0.2) is 11.0 Å². The van der Waals surface area contributed by atoms with E-state index < -0.39 is 0 Å². The van der Waals surface area contributed by atoms with Crippen molar-refractivity contribution >= 4 is 28.9 Å². The molecule has 0 atom stereocenters. The van der Waals surface area contributed by atoms with Crippen molar-refractivity contribution in [3.8, 4) is 0 Å². The minimum atomic E-state index is -0.182. The summed E-state index contributed by atoms with van der Waals surface area (Å²) in [6, 6.07) is 14.1. The van der Waals surface area contributed by atoms with Crippen molar-refractivity contribution in [2.24, 2.45) is 0 Å². The Morgan fingerprint density at radius 1 is 1.04 bits per heavy atom. The topological polar surface area (TPSA) is 53.2 Å². The molecule has 0 saturated heterocycles. The maximum absolute atomic E-state index is 12.3. The number of hydrogen-bond acceptors (Lipinski definition) is 2. The number of unbranched alkanes of at least 4 members (excludes halogenated alkanes) is 1. The van der Waals surface area contributed by atoms with E-state index in [4.69, 9.17) is 12.2 Å². The largest absolute Gasteiger partial charge is 0.331 e. The van der Waals surface area contributed by atoms with Gasteiger partial charge in [0.25, 0.3) is 5.91 Å². The minimum absolute atomic E-state index is 0.182. The number of rotatable bonds is 5. The maximum Gasteiger partial charge on any atom is 0.269 e. The molecule has 0 aromatic heterocycles. The number of fused-ring (bicyclic) bond motifs is 1. The summed E-state index contributed by atoms with van der Waals surface area (Å²) in [5.74, 6) is -0.182. The summed E-state index contributed by atoms with van der Waals surface area (Å²) in [6.45, 7) is 2.19. The molecular formula is C21H25N3OS. The quantitative estimate of drug-likeness (QED) is 0.549. The lowest BCUT2D eigenvalue weighted by Crippen LogP contribution is -2.43. The second-order valence-electron chi connectivity index (χ2n) is 6.67. The number of thiocarbonyl (C=S) groups is 1. The van der Waals surface area contributed by atoms with Crippen LogP contribution >= 0.6 is 12.2 Å². The Morgan fingerprint density at radius 3 is 2.58 bits per heavy atom. The Hall–Kier alpha value is -2.40. The summed E-state index contributed by atoms with van der Waals surface area (Å²) < 4.78 is 0. The molecule has 0 fully saturated rings. The lowest BCUT2D eigenvalue weighted by atomic mass is 10.1. The third-order valence-corrected chi connectivity index (χ3v) is 4.89. The Balaban J connectivity index is 1.48. The maximum atomic E-state index is 12.3. The molecule has 2 aromatic rings. The highest BCUT2D eigenvalue weighted by Crippen LogP contribution is 2.22. The monoisotopic (exact) mass is 367 g/mol. The fourth-order valence-corrected chi connectivity index (χ4v) is 3.37. The fourth-order valence-electron chi connectivity index (χ4n) is 3.20. The average molecular weight is 368 g/mol. The van der Waals surface area contributed by atoms with Crippen LogP contribution in [0.2, 0.25) is 0 Å². The lowest BCUT2D eigenvalue weighted by Gasteiger charge is -2.12. The number of benzene rings is 2. The van der Waals surface area contributed by atoms with Gasteiger partial charge in [-0.05, 0) is 85.3 Å². The minimum Gasteiger partial charge on any atom is -0.331 e. The number of anilines is 1. The van der Waals surface area contributed by atoms with Crippen LogP contribution < -0.4 is 16.2 Å². The van der Waals surface area contributed by atoms with Crippen LogP contribution in [0.15, 0.2) is 42.5 Å². The molecule has 3 N–H and O–H groups in total. The van der Waals surface area contributed by atoms with E-state index in [-0.39, 0.29) is 5.91 Å². The smallest absolute Gasteiger partial charge is 0.269 e. The average Bonchev–Trinajstić information content (AvgIpc) is 3.13. The van der Waals surface area contributed by atoms with Gasteiger partial charge in [0.15, 0.2) is 5.11 Å². The summed E-state index contributed by atoms with van der Waals surface area (Å²) in [7, 11) is 0. The molecule has 0 unspecified atom stereocenters. The second-order valence-corrected chi connectivity index (χ2v) is 7.08. The molecule has 2 aromatic carbocycles. The van der Waals surface area contributed by atoms with Crippen LogP contribution in [0.25, 0.3) is 0 Å². The van der Waals surface area contributed by atoms with E-state index in [9.17, 15) is 4.79 Å². The van der Waals surface area contributed by atoms with E-state index in [2.05, 4.69) is 35.2 Å². The molecular weight excluding hydrogens is 342 g/mol. The van der Waals surface area contributed by atoms with Crippen molar-refractivity contribution in [1.29, 1.82) is 0 Å². The van der Waals surface area contributed by atoms with Crippen molar-refractivity contribution in [1.82, 2.24) is 10.9 Å². The van der Waals surface area contributed by atoms with E-state index in [1.807, 2.05) is 30.3 Å². The highest BCUT2D eigenvalue weighted by atomic mass is 32.1. The standard InChI is InChI=1S/C21H25N3OS/c1-2-3-5-15-8-12-19(13-9-15)22-21(26)24-23-20(25)18-11-10-16-6-4-7-17(16)14-18/h8-14H,2-7H2,1H3,(H,23,25)(H2,22,24,26). The van der Waals surface area contributed by atoms with E-state index in [0.29, 0.717) is 10.7 Å². The molecule has 3 rings (SSSR count). The zero-order chi connectivity index (χ0) is 18.4. The third-order valence-electron chi connectivity index (χ3n) is 4.68. The number of carbonyl (C=O) groups excluding carboxylic acids is 1. The van der Waals surface area contributed by atoms with Gasteiger partial charge in [0.2, 0.25) is 0 Å². The van der Waals surface area contributed by atoms with Gasteiger partial charge >= 0.3 is 0 Å². The Bertz CT molecular complexity index is 786. The summed E-state index contributed by atoms with van der Waals surface area (Å²) in [5.41, 5.74) is 10.9. The van der Waals surface area contributed by atoms with Gasteiger partial charge in [-0.15, -0.1) is 0 Å². The van der Waals surface area contributed by atoms with Crippen LogP contribution in [0.4, 0.5) is 5.69 Å². The first kappa shape index (κ1) is 18.4. The highest BCUT2D eigenvalue weighted by Gasteiger charge is 2.14. The number of amides is 1. The van der Waals surface area contributed by atoms with E-state index in [0.717, 1.165) is 24.9 Å². The van der Waals surface area contributed by atoms with Gasteiger partial charge in [0.1, 0.15) is 0 Å². The van der Waals surface area contributed by atoms with Crippen LogP contribution in [0.1, 0.15) is 53.2 Å². The van der Waals surface area contributed by atoms with E-state index in [1.165, 1.54) is 36.0 Å². The Morgan fingerprint density at radius 2 is 1.81 bits per heavy atom. The van der Waals surface area contributed by atoms with Gasteiger partial charge in [-0.3, -0.25) is 15.6 Å². The predicted octanol–water partition coefficient (Wildman–Crippen LogP) is 4.15. The van der Waals surface area contributed by atoms with Gasteiger partial charge in [0, 0.05) is 11.3 Å². The molecule has 1 aliphatic carbocycles. The molecule has 0 heterocycles. The van der Waals surface area contributed by atoms with E-state index >= 15 is 0 Å². The molecule has 0 spiro atoms. The predicted molar refractivity (Wildman–Crippen MR) is 110 cm³/mol. The SMILES string of the molecule is CCCCc1ccc(NC(=S)NNC(=O)c2ccc3c(c2)CCC3)cc1. The van der Waals surface area contributed by atoms with Crippen LogP contribution in [0.5, 0.6) is 0 Å². The third kappa shape index (κ3) is 4.82. The van der Waals surface area contributed by atoms with Gasteiger partial charge < -0.3 is 5.32 Å². The Kier molecular flexibility index (Phi) is 6.23. The molecule has 1 aliphatic rings. The molecule has 5 heteroatoms. The highest BCUT2D eigenvalue weighted by molar-refractivity contribution is 7.80. The van der Waals surface area contributed by atoms with Crippen molar-refractivity contribution in [3.05, 3.63) is 64.7 Å².